The fourth-order valence-corrected chi connectivity index (χ4v) is 3.42. The number of hydrazone groups is 1. The first-order valence-electron chi connectivity index (χ1n) is 10.1. The van der Waals surface area contributed by atoms with Crippen LogP contribution < -0.4 is 15.1 Å². The van der Waals surface area contributed by atoms with E-state index >= 15 is 0 Å². The number of nitrogens with zero attached hydrogens (tertiary/aromatic N) is 3. The van der Waals surface area contributed by atoms with Gasteiger partial charge in [-0.1, -0.05) is 25.1 Å². The number of fused-ring (bicyclic) bond motifs is 1. The monoisotopic (exact) mass is 398 g/mol. The number of hydrogen-bond acceptors (Lipinski definition) is 5. The molecule has 1 heterocycles. The number of benzene rings is 3. The van der Waals surface area contributed by atoms with Crippen LogP contribution in [0, 0.1) is 0 Å². The highest BCUT2D eigenvalue weighted by Gasteiger charge is 2.18. The molecule has 4 rings (SSSR count). The summed E-state index contributed by atoms with van der Waals surface area (Å²) in [5, 5.41) is 4.78. The van der Waals surface area contributed by atoms with E-state index in [1.54, 1.807) is 7.11 Å². The van der Waals surface area contributed by atoms with E-state index in [2.05, 4.69) is 59.7 Å². The molecule has 0 amide bonds. The average Bonchev–Trinajstić information content (AvgIpc) is 2.98. The normalized spacial score (nSPS) is 12.8. The Kier molecular flexibility index (Phi) is 5.53. The molecule has 5 heteroatoms. The summed E-state index contributed by atoms with van der Waals surface area (Å²) in [5.74, 6) is 1.52. The molecule has 0 saturated heterocycles. The molecule has 3 aromatic carbocycles. The Bertz CT molecular complexity index is 1100. The molecule has 0 fully saturated rings. The van der Waals surface area contributed by atoms with Gasteiger partial charge in [0.05, 0.1) is 18.5 Å². The lowest BCUT2D eigenvalue weighted by Gasteiger charge is -2.14. The van der Waals surface area contributed by atoms with E-state index in [9.17, 15) is 0 Å². The Labute approximate surface area is 177 Å². The molecular formula is C25H26N4O. The molecule has 152 valence electrons. The van der Waals surface area contributed by atoms with E-state index in [0.717, 1.165) is 45.9 Å². The van der Waals surface area contributed by atoms with Crippen LogP contribution in [0.3, 0.4) is 0 Å². The predicted octanol–water partition coefficient (Wildman–Crippen LogP) is 4.76. The summed E-state index contributed by atoms with van der Waals surface area (Å²) in [4.78, 5) is 6.99. The van der Waals surface area contributed by atoms with Crippen LogP contribution in [0.15, 0.2) is 76.8 Å². The molecule has 0 atom stereocenters. The minimum atomic E-state index is 0.711. The fourth-order valence-electron chi connectivity index (χ4n) is 3.42. The molecule has 5 nitrogen and oxygen atoms in total. The summed E-state index contributed by atoms with van der Waals surface area (Å²) < 4.78 is 5.27. The Morgan fingerprint density at radius 1 is 0.900 bits per heavy atom. The lowest BCUT2D eigenvalue weighted by atomic mass is 9.97. The molecule has 0 aliphatic carbocycles. The van der Waals surface area contributed by atoms with Gasteiger partial charge in [0.25, 0.3) is 0 Å². The second-order valence-corrected chi connectivity index (χ2v) is 7.41. The maximum atomic E-state index is 5.27. The van der Waals surface area contributed by atoms with Crippen molar-refractivity contribution in [3.8, 4) is 5.75 Å². The molecule has 0 spiro atoms. The van der Waals surface area contributed by atoms with E-state index in [1.165, 1.54) is 5.56 Å². The number of rotatable bonds is 5. The molecule has 1 aliphatic heterocycles. The summed E-state index contributed by atoms with van der Waals surface area (Å²) >= 11 is 0. The predicted molar refractivity (Wildman–Crippen MR) is 125 cm³/mol. The minimum absolute atomic E-state index is 0.711. The van der Waals surface area contributed by atoms with Gasteiger partial charge in [0.15, 0.2) is 5.84 Å². The number of methoxy groups -OCH3 is 1. The molecule has 0 saturated carbocycles. The number of aliphatic imine (C=N–C) groups is 1. The Morgan fingerprint density at radius 2 is 1.60 bits per heavy atom. The summed E-state index contributed by atoms with van der Waals surface area (Å²) in [6.07, 6.45) is 0.961. The van der Waals surface area contributed by atoms with Gasteiger partial charge in [-0.2, -0.15) is 5.10 Å². The molecule has 0 unspecified atom stereocenters. The lowest BCUT2D eigenvalue weighted by molar-refractivity contribution is 0.415. The van der Waals surface area contributed by atoms with E-state index in [-0.39, 0.29) is 0 Å². The minimum Gasteiger partial charge on any atom is -0.497 e. The standard InChI is InChI=1S/C25H26N4O/c1-5-17-6-15-23-22(16-17)24(18-7-11-20(12-8-18)29(2)3)27-28-25(26-23)19-9-13-21(30-4)14-10-19/h6-16H,5H2,1-4H3,(H,26,28). The van der Waals surface area contributed by atoms with E-state index in [0.29, 0.717) is 5.84 Å². The highest BCUT2D eigenvalue weighted by atomic mass is 16.5. The van der Waals surface area contributed by atoms with Gasteiger partial charge in [0.2, 0.25) is 0 Å². The Morgan fingerprint density at radius 3 is 2.23 bits per heavy atom. The van der Waals surface area contributed by atoms with Crippen LogP contribution in [0.1, 0.15) is 29.2 Å². The van der Waals surface area contributed by atoms with Crippen molar-refractivity contribution in [2.24, 2.45) is 10.1 Å². The number of amidine groups is 1. The zero-order chi connectivity index (χ0) is 21.1. The quantitative estimate of drug-likeness (QED) is 0.674. The van der Waals surface area contributed by atoms with Gasteiger partial charge in [0.1, 0.15) is 5.75 Å². The fraction of sp³-hybridized carbons (Fsp3) is 0.200. The van der Waals surface area contributed by atoms with Gasteiger partial charge in [-0.25, -0.2) is 4.99 Å². The van der Waals surface area contributed by atoms with Crippen molar-refractivity contribution in [1.82, 2.24) is 5.43 Å². The van der Waals surface area contributed by atoms with Crippen LogP contribution in [0.5, 0.6) is 5.75 Å². The van der Waals surface area contributed by atoms with Crippen molar-refractivity contribution in [3.05, 3.63) is 89.0 Å². The van der Waals surface area contributed by atoms with Crippen molar-refractivity contribution in [2.45, 2.75) is 13.3 Å². The Balaban J connectivity index is 1.80. The lowest BCUT2D eigenvalue weighted by Crippen LogP contribution is -2.19. The Hall–Kier alpha value is -3.60. The first-order valence-corrected chi connectivity index (χ1v) is 10.1. The summed E-state index contributed by atoms with van der Waals surface area (Å²) in [5.41, 5.74) is 10.4. The largest absolute Gasteiger partial charge is 0.497 e. The zero-order valence-electron chi connectivity index (χ0n) is 17.8. The van der Waals surface area contributed by atoms with E-state index < -0.39 is 0 Å². The maximum Gasteiger partial charge on any atom is 0.154 e. The third-order valence-corrected chi connectivity index (χ3v) is 5.25. The smallest absolute Gasteiger partial charge is 0.154 e. The third-order valence-electron chi connectivity index (χ3n) is 5.25. The average molecular weight is 399 g/mol. The van der Waals surface area contributed by atoms with Gasteiger partial charge < -0.3 is 9.64 Å². The molecule has 1 aliphatic rings. The first kappa shape index (κ1) is 19.7. The van der Waals surface area contributed by atoms with E-state index in [4.69, 9.17) is 14.8 Å². The number of nitrogens with one attached hydrogen (secondary N) is 1. The number of hydrogen-bond donors (Lipinski definition) is 1. The SMILES string of the molecule is CCc1ccc2c(c1)C(c1ccc(N(C)C)cc1)=NNC(c1ccc(OC)cc1)=N2. The maximum absolute atomic E-state index is 5.27. The highest BCUT2D eigenvalue weighted by molar-refractivity contribution is 6.18. The highest BCUT2D eigenvalue weighted by Crippen LogP contribution is 2.28. The topological polar surface area (TPSA) is 49.2 Å². The summed E-state index contributed by atoms with van der Waals surface area (Å²) in [6, 6.07) is 22.7. The first-order chi connectivity index (χ1) is 14.6. The second kappa shape index (κ2) is 8.41. The van der Waals surface area contributed by atoms with Crippen molar-refractivity contribution in [2.75, 3.05) is 26.1 Å². The van der Waals surface area contributed by atoms with Crippen LogP contribution >= 0.6 is 0 Å². The van der Waals surface area contributed by atoms with Crippen molar-refractivity contribution in [1.29, 1.82) is 0 Å². The molecule has 30 heavy (non-hydrogen) atoms. The summed E-state index contributed by atoms with van der Waals surface area (Å²) in [6.45, 7) is 2.16. The van der Waals surface area contributed by atoms with Gasteiger partial charge in [-0.3, -0.25) is 5.43 Å². The second-order valence-electron chi connectivity index (χ2n) is 7.41. The van der Waals surface area contributed by atoms with Crippen LogP contribution in [-0.2, 0) is 6.42 Å². The molecule has 3 aromatic rings. The van der Waals surface area contributed by atoms with Crippen LogP contribution in [0.2, 0.25) is 0 Å². The molecule has 1 N–H and O–H groups in total. The molecule has 0 bridgehead atoms. The van der Waals surface area contributed by atoms with Crippen molar-refractivity contribution < 1.29 is 4.74 Å². The number of ether oxygens (including phenoxy) is 1. The van der Waals surface area contributed by atoms with Gasteiger partial charge in [0, 0.05) is 36.5 Å². The molecule has 0 radical (unpaired) electrons. The van der Waals surface area contributed by atoms with Crippen LogP contribution in [0.25, 0.3) is 0 Å². The molecular weight excluding hydrogens is 372 g/mol. The number of anilines is 1. The van der Waals surface area contributed by atoms with E-state index in [1.807, 2.05) is 38.4 Å². The van der Waals surface area contributed by atoms with Crippen molar-refractivity contribution >= 4 is 22.9 Å². The van der Waals surface area contributed by atoms with Gasteiger partial charge in [-0.15, -0.1) is 0 Å². The van der Waals surface area contributed by atoms with Gasteiger partial charge >= 0.3 is 0 Å². The van der Waals surface area contributed by atoms with Crippen molar-refractivity contribution in [3.63, 3.8) is 0 Å². The number of aryl methyl sites for hydroxylation is 1. The summed E-state index contributed by atoms with van der Waals surface area (Å²) in [7, 11) is 5.74. The van der Waals surface area contributed by atoms with Crippen LogP contribution in [-0.4, -0.2) is 32.8 Å². The third kappa shape index (κ3) is 3.92. The molecule has 0 aromatic heterocycles. The van der Waals surface area contributed by atoms with Crippen LogP contribution in [0.4, 0.5) is 11.4 Å². The zero-order valence-corrected chi connectivity index (χ0v) is 17.8. The van der Waals surface area contributed by atoms with Gasteiger partial charge in [-0.05, 0) is 60.5 Å².